The highest BCUT2D eigenvalue weighted by atomic mass is 16.8. The first kappa shape index (κ1) is 51.4. The van der Waals surface area contributed by atoms with Gasteiger partial charge < -0.3 is 68.3 Å². The summed E-state index contributed by atoms with van der Waals surface area (Å²) < 4.78 is 47.8. The molecule has 1 amide bonds. The Morgan fingerprint density at radius 3 is 1.99 bits per heavy atom. The molecule has 3 unspecified atom stereocenters. The lowest BCUT2D eigenvalue weighted by Crippen LogP contribution is -2.61. The quantitative estimate of drug-likeness (QED) is 0.0585. The predicted molar refractivity (Wildman–Crippen MR) is 227 cm³/mol. The largest absolute Gasteiger partial charge is 0.457 e. The second-order valence-corrected chi connectivity index (χ2v) is 16.2. The van der Waals surface area contributed by atoms with Gasteiger partial charge in [-0.3, -0.25) is 4.79 Å². The zero-order valence-corrected chi connectivity index (χ0v) is 36.4. The number of nitrogens with zero attached hydrogens (tertiary/aromatic N) is 13. The number of aliphatic hydroxyl groups is 5. The van der Waals surface area contributed by atoms with Crippen LogP contribution < -0.4 is 0 Å². The average molecular weight is 954 g/mol. The van der Waals surface area contributed by atoms with E-state index in [9.17, 15) is 51.7 Å². The molecule has 366 valence electrons. The molecule has 5 N–H and O–H groups in total. The summed E-state index contributed by atoms with van der Waals surface area (Å²) in [6.45, 7) is -0.0937. The van der Waals surface area contributed by atoms with Gasteiger partial charge in [-0.2, -0.15) is 0 Å². The van der Waals surface area contributed by atoms with E-state index >= 15 is 0 Å². The first-order valence-electron chi connectivity index (χ1n) is 21.5. The van der Waals surface area contributed by atoms with Gasteiger partial charge in [-0.15, -0.1) is 0 Å². The third-order valence-corrected chi connectivity index (χ3v) is 11.7. The molecule has 17 atom stereocenters. The van der Waals surface area contributed by atoms with Gasteiger partial charge >= 0.3 is 12.1 Å². The molecular weight excluding hydrogens is 903 g/mol. The van der Waals surface area contributed by atoms with E-state index < -0.39 is 129 Å². The summed E-state index contributed by atoms with van der Waals surface area (Å²) >= 11 is 0. The molecule has 4 aliphatic rings. The van der Waals surface area contributed by atoms with Gasteiger partial charge in [-0.1, -0.05) is 81.1 Å². The fourth-order valence-electron chi connectivity index (χ4n) is 8.39. The molecule has 28 nitrogen and oxygen atoms in total. The molecule has 28 heteroatoms. The zero-order valence-electron chi connectivity index (χ0n) is 36.4. The van der Waals surface area contributed by atoms with E-state index in [4.69, 9.17) is 43.4 Å². The molecular formula is C40H51N13O15. The summed E-state index contributed by atoms with van der Waals surface area (Å²) in [6, 6.07) is 14.0. The second-order valence-electron chi connectivity index (χ2n) is 16.2. The maximum absolute atomic E-state index is 13.7. The van der Waals surface area contributed by atoms with Crippen LogP contribution in [0.4, 0.5) is 4.79 Å². The van der Waals surface area contributed by atoms with E-state index in [2.05, 4.69) is 40.1 Å². The standard InChI is InChI=1S/C40H51N13O15/c1-20(55)62-26-13-12-23(17-53(16-21-8-4-2-5-9-21)40(60)61-19-22-10-6-3-7-11-22)63-37(26)66-34-25(47-51-43)14-24(46-50-42)30(56)36(34)68-39-33(59)35(28(18-54)65-39)67-38-29(48-52-44)32(58)31(57)27(64-38)15-45-49-41/h2-11,23-39,54,56-59H,12-19H2,1H3/t23-,24?,25?,26+,27-,28+,29?,30-,31+,32+,33+,34+,35+,36+,37+,38+,39-/m0/s1. The van der Waals surface area contributed by atoms with Gasteiger partial charge in [-0.25, -0.2) is 4.79 Å². The van der Waals surface area contributed by atoms with Crippen LogP contribution in [0.5, 0.6) is 0 Å². The number of azide groups is 4. The number of carbonyl (C=O) groups excluding carboxylic acids is 2. The summed E-state index contributed by atoms with van der Waals surface area (Å²) in [5.41, 5.74) is 38.7. The first-order valence-corrected chi connectivity index (χ1v) is 21.5. The fourth-order valence-corrected chi connectivity index (χ4v) is 8.39. The van der Waals surface area contributed by atoms with Crippen molar-refractivity contribution in [3.05, 3.63) is 114 Å². The highest BCUT2D eigenvalue weighted by molar-refractivity contribution is 5.68. The van der Waals surface area contributed by atoms with Crippen LogP contribution in [0.3, 0.4) is 0 Å². The van der Waals surface area contributed by atoms with Gasteiger partial charge in [0.1, 0.15) is 43.2 Å². The molecule has 0 bridgehead atoms. The molecule has 2 aromatic carbocycles. The van der Waals surface area contributed by atoms with Crippen molar-refractivity contribution in [3.63, 3.8) is 0 Å². The lowest BCUT2D eigenvalue weighted by Gasteiger charge is -2.46. The van der Waals surface area contributed by atoms with Crippen LogP contribution in [0.2, 0.25) is 0 Å². The summed E-state index contributed by atoms with van der Waals surface area (Å²) in [5.74, 6) is -0.702. The van der Waals surface area contributed by atoms with Crippen molar-refractivity contribution in [1.29, 1.82) is 0 Å². The maximum atomic E-state index is 13.7. The lowest BCUT2D eigenvalue weighted by atomic mass is 9.84. The monoisotopic (exact) mass is 953 g/mol. The number of ether oxygens (including phenoxy) is 8. The summed E-state index contributed by atoms with van der Waals surface area (Å²) in [4.78, 5) is 38.6. The topological polar surface area (TPSA) is 407 Å². The van der Waals surface area contributed by atoms with Gasteiger partial charge in [0.15, 0.2) is 25.0 Å². The lowest BCUT2D eigenvalue weighted by molar-refractivity contribution is -0.305. The van der Waals surface area contributed by atoms with E-state index in [1.807, 2.05) is 60.7 Å². The Bertz CT molecular complexity index is 2180. The number of esters is 1. The Hall–Kier alpha value is -6.02. The summed E-state index contributed by atoms with van der Waals surface area (Å²) in [5, 5.41) is 69.5. The highest BCUT2D eigenvalue weighted by Crippen LogP contribution is 2.38. The minimum atomic E-state index is -1.89. The SMILES string of the molecule is CC(=O)O[C@@H]1CC[C@@H](CN(Cc2ccccc2)C(=O)OCc2ccccc2)O[C@@H]1O[C@@H]1C(N=[N+]=[N-])CC(N=[N+]=[N-])[C@H](O)[C@H]1O[C@@H]1O[C@H](CO)[C@@H](O[C@H]2O[C@@H](CN=[N+]=[N-])[C@@H](O)[C@H](O)C2N=[N+]=[N-])[C@H]1O. The number of hydrogen-bond acceptors (Lipinski definition) is 19. The molecule has 0 radical (unpaired) electrons. The van der Waals surface area contributed by atoms with E-state index in [1.54, 1.807) is 0 Å². The first-order chi connectivity index (χ1) is 32.9. The Morgan fingerprint density at radius 1 is 0.706 bits per heavy atom. The van der Waals surface area contributed by atoms with Gasteiger partial charge in [0.25, 0.3) is 0 Å². The Morgan fingerprint density at radius 2 is 1.34 bits per heavy atom. The van der Waals surface area contributed by atoms with Gasteiger partial charge in [0, 0.05) is 33.1 Å². The third kappa shape index (κ3) is 12.9. The van der Waals surface area contributed by atoms with Crippen molar-refractivity contribution in [2.75, 3.05) is 19.7 Å². The van der Waals surface area contributed by atoms with E-state index in [1.165, 1.54) is 11.8 Å². The second kappa shape index (κ2) is 24.8. The number of aliphatic hydroxyl groups excluding tert-OH is 5. The molecule has 1 saturated carbocycles. The average Bonchev–Trinajstić information content (AvgIpc) is 3.63. The minimum absolute atomic E-state index is 0.0116. The number of carbonyl (C=O) groups is 2. The molecule has 1 aliphatic carbocycles. The molecule has 3 saturated heterocycles. The van der Waals surface area contributed by atoms with Crippen LogP contribution in [-0.2, 0) is 55.8 Å². The van der Waals surface area contributed by atoms with Gasteiger partial charge in [0.2, 0.25) is 0 Å². The van der Waals surface area contributed by atoms with Crippen LogP contribution in [0.1, 0.15) is 37.3 Å². The third-order valence-electron chi connectivity index (χ3n) is 11.7. The molecule has 0 aromatic heterocycles. The van der Waals surface area contributed by atoms with Crippen LogP contribution in [0.15, 0.2) is 81.1 Å². The van der Waals surface area contributed by atoms with Crippen LogP contribution in [0, 0.1) is 0 Å². The van der Waals surface area contributed by atoms with Crippen molar-refractivity contribution in [2.45, 2.75) is 143 Å². The van der Waals surface area contributed by atoms with Crippen molar-refractivity contribution in [3.8, 4) is 0 Å². The van der Waals surface area contributed by atoms with E-state index in [0.29, 0.717) is 0 Å². The summed E-state index contributed by atoms with van der Waals surface area (Å²) in [7, 11) is 0. The van der Waals surface area contributed by atoms with Crippen LogP contribution in [-0.4, -0.2) is 166 Å². The predicted octanol–water partition coefficient (Wildman–Crippen LogP) is 3.05. The Labute approximate surface area is 386 Å². The number of hydrogen-bond donors (Lipinski definition) is 5. The van der Waals surface area contributed by atoms with E-state index in [0.717, 1.165) is 11.1 Å². The molecule has 0 spiro atoms. The maximum Gasteiger partial charge on any atom is 0.410 e. The molecule has 4 fully saturated rings. The van der Waals surface area contributed by atoms with Crippen molar-refractivity contribution < 1.29 is 73.0 Å². The van der Waals surface area contributed by atoms with Crippen molar-refractivity contribution in [2.24, 2.45) is 20.5 Å². The van der Waals surface area contributed by atoms with Gasteiger partial charge in [0.05, 0.1) is 62.3 Å². The Balaban J connectivity index is 1.26. The summed E-state index contributed by atoms with van der Waals surface area (Å²) in [6.07, 6.45) is -22.4. The van der Waals surface area contributed by atoms with Crippen LogP contribution in [0.25, 0.3) is 41.8 Å². The smallest absolute Gasteiger partial charge is 0.410 e. The molecule has 3 heterocycles. The van der Waals surface area contributed by atoms with Crippen LogP contribution >= 0.6 is 0 Å². The molecule has 68 heavy (non-hydrogen) atoms. The minimum Gasteiger partial charge on any atom is -0.457 e. The molecule has 6 rings (SSSR count). The molecule has 2 aromatic rings. The van der Waals surface area contributed by atoms with Crippen molar-refractivity contribution >= 4 is 12.1 Å². The number of rotatable bonds is 19. The normalized spacial score (nSPS) is 34.4. The molecule has 3 aliphatic heterocycles. The van der Waals surface area contributed by atoms with E-state index in [-0.39, 0.29) is 39.0 Å². The highest BCUT2D eigenvalue weighted by Gasteiger charge is 2.55. The fraction of sp³-hybridized carbons (Fsp3) is 0.650. The number of amides is 1. The van der Waals surface area contributed by atoms with Crippen molar-refractivity contribution in [1.82, 2.24) is 4.90 Å². The van der Waals surface area contributed by atoms with Gasteiger partial charge in [-0.05, 0) is 52.5 Å². The Kier molecular flexibility index (Phi) is 18.8. The number of benzene rings is 2. The zero-order chi connectivity index (χ0) is 48.7.